The first-order chi connectivity index (χ1) is 9.88. The molecule has 1 aromatic carbocycles. The van der Waals surface area contributed by atoms with Crippen LogP contribution in [0.5, 0.6) is 11.5 Å². The summed E-state index contributed by atoms with van der Waals surface area (Å²) in [4.78, 5) is 14.7. The summed E-state index contributed by atoms with van der Waals surface area (Å²) >= 11 is 0. The lowest BCUT2D eigenvalue weighted by molar-refractivity contribution is 0.0711. The van der Waals surface area contributed by atoms with Gasteiger partial charge < -0.3 is 14.4 Å². The van der Waals surface area contributed by atoms with Gasteiger partial charge in [0.05, 0.1) is 19.8 Å². The van der Waals surface area contributed by atoms with E-state index in [0.717, 1.165) is 13.1 Å². The van der Waals surface area contributed by atoms with Gasteiger partial charge in [-0.25, -0.2) is 0 Å². The first-order valence-corrected chi connectivity index (χ1v) is 7.40. The lowest BCUT2D eigenvalue weighted by Gasteiger charge is -2.27. The number of rotatable bonds is 7. The van der Waals surface area contributed by atoms with Crippen LogP contribution in [0, 0.1) is 11.8 Å². The Bertz CT molecular complexity index is 459. The van der Waals surface area contributed by atoms with Crippen molar-refractivity contribution in [3.8, 4) is 11.5 Å². The van der Waals surface area contributed by atoms with Crippen LogP contribution in [0.15, 0.2) is 18.2 Å². The SMILES string of the molecule is COc1ccc(OC)c(C(=O)N(CC(C)C)CC(C)C)c1. The number of carbonyl (C=O) groups is 1. The van der Waals surface area contributed by atoms with Crippen LogP contribution in [-0.4, -0.2) is 38.1 Å². The maximum Gasteiger partial charge on any atom is 0.257 e. The Kier molecular flexibility index (Phi) is 6.53. The van der Waals surface area contributed by atoms with Gasteiger partial charge in [-0.15, -0.1) is 0 Å². The molecule has 0 saturated carbocycles. The topological polar surface area (TPSA) is 38.8 Å². The standard InChI is InChI=1S/C17H27NO3/c1-12(2)10-18(11-13(3)4)17(19)15-9-14(20-5)7-8-16(15)21-6/h7-9,12-13H,10-11H2,1-6H3. The van der Waals surface area contributed by atoms with Crippen LogP contribution in [0.25, 0.3) is 0 Å². The van der Waals surface area contributed by atoms with Crippen molar-refractivity contribution >= 4 is 5.91 Å². The molecule has 0 spiro atoms. The van der Waals surface area contributed by atoms with E-state index in [1.54, 1.807) is 32.4 Å². The van der Waals surface area contributed by atoms with Crippen molar-refractivity contribution in [3.63, 3.8) is 0 Å². The summed E-state index contributed by atoms with van der Waals surface area (Å²) in [5.41, 5.74) is 0.554. The molecule has 0 bridgehead atoms. The normalized spacial score (nSPS) is 10.9. The van der Waals surface area contributed by atoms with Crippen LogP contribution >= 0.6 is 0 Å². The number of benzene rings is 1. The summed E-state index contributed by atoms with van der Waals surface area (Å²) in [6, 6.07) is 5.31. The van der Waals surface area contributed by atoms with Gasteiger partial charge in [0, 0.05) is 13.1 Å². The first kappa shape index (κ1) is 17.3. The van der Waals surface area contributed by atoms with Gasteiger partial charge in [-0.3, -0.25) is 4.79 Å². The fraction of sp³-hybridized carbons (Fsp3) is 0.588. The monoisotopic (exact) mass is 293 g/mol. The molecule has 0 unspecified atom stereocenters. The fourth-order valence-electron chi connectivity index (χ4n) is 2.27. The summed E-state index contributed by atoms with van der Waals surface area (Å²) in [7, 11) is 3.17. The minimum atomic E-state index is -0.00634. The number of methoxy groups -OCH3 is 2. The van der Waals surface area contributed by atoms with Gasteiger partial charge in [-0.1, -0.05) is 27.7 Å². The summed E-state index contributed by atoms with van der Waals surface area (Å²) in [6.45, 7) is 9.93. The molecule has 0 fully saturated rings. The van der Waals surface area contributed by atoms with E-state index in [9.17, 15) is 4.79 Å². The van der Waals surface area contributed by atoms with Crippen LogP contribution in [0.4, 0.5) is 0 Å². The van der Waals surface area contributed by atoms with E-state index in [4.69, 9.17) is 9.47 Å². The third-order valence-electron chi connectivity index (χ3n) is 3.10. The van der Waals surface area contributed by atoms with Crippen LogP contribution in [0.3, 0.4) is 0 Å². The highest BCUT2D eigenvalue weighted by Crippen LogP contribution is 2.26. The Hall–Kier alpha value is -1.71. The number of ether oxygens (including phenoxy) is 2. The van der Waals surface area contributed by atoms with Crippen molar-refractivity contribution < 1.29 is 14.3 Å². The van der Waals surface area contributed by atoms with Gasteiger partial charge in [0.2, 0.25) is 0 Å². The van der Waals surface area contributed by atoms with Gasteiger partial charge in [-0.2, -0.15) is 0 Å². The van der Waals surface area contributed by atoms with Gasteiger partial charge in [-0.05, 0) is 30.0 Å². The molecule has 0 atom stereocenters. The van der Waals surface area contributed by atoms with Crippen molar-refractivity contribution in [2.24, 2.45) is 11.8 Å². The lowest BCUT2D eigenvalue weighted by atomic mass is 10.1. The second kappa shape index (κ2) is 7.91. The molecule has 118 valence electrons. The molecular weight excluding hydrogens is 266 g/mol. The van der Waals surface area contributed by atoms with Crippen molar-refractivity contribution in [1.82, 2.24) is 4.90 Å². The fourth-order valence-corrected chi connectivity index (χ4v) is 2.27. The molecule has 4 nitrogen and oxygen atoms in total. The van der Waals surface area contributed by atoms with Crippen molar-refractivity contribution in [2.45, 2.75) is 27.7 Å². The van der Waals surface area contributed by atoms with Crippen LogP contribution in [-0.2, 0) is 0 Å². The zero-order chi connectivity index (χ0) is 16.0. The van der Waals surface area contributed by atoms with Crippen molar-refractivity contribution in [1.29, 1.82) is 0 Å². The van der Waals surface area contributed by atoms with E-state index in [0.29, 0.717) is 28.9 Å². The number of amides is 1. The summed E-state index contributed by atoms with van der Waals surface area (Å²) in [6.07, 6.45) is 0. The molecule has 0 aliphatic carbocycles. The molecule has 0 heterocycles. The number of hydrogen-bond donors (Lipinski definition) is 0. The second-order valence-electron chi connectivity index (χ2n) is 6.06. The van der Waals surface area contributed by atoms with E-state index in [1.165, 1.54) is 0 Å². The van der Waals surface area contributed by atoms with Gasteiger partial charge in [0.25, 0.3) is 5.91 Å². The molecule has 0 saturated heterocycles. The zero-order valence-electron chi connectivity index (χ0n) is 14.0. The highest BCUT2D eigenvalue weighted by molar-refractivity contribution is 5.97. The molecule has 4 heteroatoms. The largest absolute Gasteiger partial charge is 0.497 e. The molecule has 1 rings (SSSR count). The van der Waals surface area contributed by atoms with Gasteiger partial charge in [0.1, 0.15) is 11.5 Å². The predicted octanol–water partition coefficient (Wildman–Crippen LogP) is 3.46. The predicted molar refractivity (Wildman–Crippen MR) is 85.1 cm³/mol. The quantitative estimate of drug-likeness (QED) is 0.773. The molecular formula is C17H27NO3. The molecule has 0 radical (unpaired) electrons. The minimum Gasteiger partial charge on any atom is -0.497 e. The Morgan fingerprint density at radius 1 is 1.05 bits per heavy atom. The Morgan fingerprint density at radius 3 is 2.05 bits per heavy atom. The Labute approximate surface area is 128 Å². The molecule has 0 aliphatic rings. The lowest BCUT2D eigenvalue weighted by Crippen LogP contribution is -2.37. The molecule has 21 heavy (non-hydrogen) atoms. The zero-order valence-corrected chi connectivity index (χ0v) is 14.0. The summed E-state index contributed by atoms with van der Waals surface area (Å²) in [5.74, 6) is 2.08. The van der Waals surface area contributed by atoms with Gasteiger partial charge in [0.15, 0.2) is 0 Å². The van der Waals surface area contributed by atoms with E-state index in [1.807, 2.05) is 4.90 Å². The second-order valence-corrected chi connectivity index (χ2v) is 6.06. The number of carbonyl (C=O) groups excluding carboxylic acids is 1. The van der Waals surface area contributed by atoms with E-state index in [2.05, 4.69) is 27.7 Å². The highest BCUT2D eigenvalue weighted by atomic mass is 16.5. The minimum absolute atomic E-state index is 0.00634. The molecule has 1 amide bonds. The third-order valence-corrected chi connectivity index (χ3v) is 3.10. The average molecular weight is 293 g/mol. The Balaban J connectivity index is 3.11. The molecule has 0 aromatic heterocycles. The maximum absolute atomic E-state index is 12.9. The molecule has 1 aromatic rings. The number of nitrogens with zero attached hydrogens (tertiary/aromatic N) is 1. The summed E-state index contributed by atoms with van der Waals surface area (Å²) < 4.78 is 10.5. The highest BCUT2D eigenvalue weighted by Gasteiger charge is 2.22. The van der Waals surface area contributed by atoms with Crippen LogP contribution in [0.1, 0.15) is 38.1 Å². The van der Waals surface area contributed by atoms with E-state index >= 15 is 0 Å². The average Bonchev–Trinajstić information content (AvgIpc) is 2.44. The third kappa shape index (κ3) is 4.96. The Morgan fingerprint density at radius 2 is 1.62 bits per heavy atom. The van der Waals surface area contributed by atoms with E-state index in [-0.39, 0.29) is 5.91 Å². The first-order valence-electron chi connectivity index (χ1n) is 7.40. The maximum atomic E-state index is 12.9. The molecule has 0 N–H and O–H groups in total. The van der Waals surface area contributed by atoms with Crippen molar-refractivity contribution in [3.05, 3.63) is 23.8 Å². The van der Waals surface area contributed by atoms with Gasteiger partial charge >= 0.3 is 0 Å². The van der Waals surface area contributed by atoms with E-state index < -0.39 is 0 Å². The van der Waals surface area contributed by atoms with Crippen LogP contribution < -0.4 is 9.47 Å². The molecule has 0 aliphatic heterocycles. The van der Waals surface area contributed by atoms with Crippen LogP contribution in [0.2, 0.25) is 0 Å². The number of hydrogen-bond acceptors (Lipinski definition) is 3. The smallest absolute Gasteiger partial charge is 0.257 e. The summed E-state index contributed by atoms with van der Waals surface area (Å²) in [5, 5.41) is 0. The van der Waals surface area contributed by atoms with Crippen molar-refractivity contribution in [2.75, 3.05) is 27.3 Å².